The van der Waals surface area contributed by atoms with Crippen LogP contribution in [0.25, 0.3) is 11.4 Å². The van der Waals surface area contributed by atoms with E-state index in [9.17, 15) is 9.18 Å². The largest absolute Gasteiger partial charge is 0.341 e. The van der Waals surface area contributed by atoms with E-state index in [1.165, 1.54) is 11.6 Å². The Labute approximate surface area is 169 Å². The highest BCUT2D eigenvalue weighted by molar-refractivity contribution is 5.76. The van der Waals surface area contributed by atoms with Gasteiger partial charge in [0.2, 0.25) is 17.6 Å². The Bertz CT molecular complexity index is 943. The minimum absolute atomic E-state index is 0.00693. The zero-order valence-corrected chi connectivity index (χ0v) is 16.5. The van der Waals surface area contributed by atoms with Gasteiger partial charge in [0.15, 0.2) is 0 Å². The maximum atomic E-state index is 13.7. The van der Waals surface area contributed by atoms with Gasteiger partial charge >= 0.3 is 0 Å². The predicted molar refractivity (Wildman–Crippen MR) is 109 cm³/mol. The molecule has 29 heavy (non-hydrogen) atoms. The molecule has 0 saturated carbocycles. The van der Waals surface area contributed by atoms with Crippen molar-refractivity contribution in [2.75, 3.05) is 19.6 Å². The Morgan fingerprint density at radius 1 is 1.14 bits per heavy atom. The number of carbonyl (C=O) groups excluding carboxylic acids is 1. The molecule has 3 aromatic rings. The van der Waals surface area contributed by atoms with Gasteiger partial charge in [-0.15, -0.1) is 0 Å². The van der Waals surface area contributed by atoms with Gasteiger partial charge in [0.05, 0.1) is 0 Å². The highest BCUT2D eigenvalue weighted by atomic mass is 19.1. The molecule has 3 rings (SSSR count). The molecule has 0 atom stereocenters. The fraction of sp³-hybridized carbons (Fsp3) is 0.318. The minimum Gasteiger partial charge on any atom is -0.341 e. The second-order valence-corrected chi connectivity index (χ2v) is 6.88. The van der Waals surface area contributed by atoms with Gasteiger partial charge in [-0.25, -0.2) is 4.39 Å². The number of nitrogens with zero attached hydrogens (tertiary/aromatic N) is 3. The standard InChI is InChI=1S/C22H25FN4O2/c1-16-7-8-18(15-19(16)23)22-25-20(29-26-22)9-10-21(28)27(14-12-24)13-11-17-5-3-2-4-6-17/h2-8,15H,9-14,24H2,1H3. The Morgan fingerprint density at radius 2 is 1.93 bits per heavy atom. The third-order valence-corrected chi connectivity index (χ3v) is 4.72. The number of carbonyl (C=O) groups is 1. The van der Waals surface area contributed by atoms with E-state index in [4.69, 9.17) is 10.3 Å². The van der Waals surface area contributed by atoms with Gasteiger partial charge in [-0.1, -0.05) is 47.6 Å². The van der Waals surface area contributed by atoms with Crippen molar-refractivity contribution in [1.82, 2.24) is 15.0 Å². The van der Waals surface area contributed by atoms with Crippen LogP contribution in [0, 0.1) is 12.7 Å². The van der Waals surface area contributed by atoms with Crippen LogP contribution in [0.2, 0.25) is 0 Å². The molecule has 152 valence electrons. The van der Waals surface area contributed by atoms with Gasteiger partial charge in [-0.2, -0.15) is 4.98 Å². The van der Waals surface area contributed by atoms with E-state index in [2.05, 4.69) is 10.1 Å². The number of rotatable bonds is 9. The lowest BCUT2D eigenvalue weighted by atomic mass is 10.1. The zero-order chi connectivity index (χ0) is 20.6. The molecule has 0 bridgehead atoms. The van der Waals surface area contributed by atoms with Gasteiger partial charge in [0, 0.05) is 38.0 Å². The molecule has 0 radical (unpaired) electrons. The first-order chi connectivity index (χ1) is 14.1. The van der Waals surface area contributed by atoms with E-state index in [1.807, 2.05) is 30.3 Å². The van der Waals surface area contributed by atoms with Crippen LogP contribution in [-0.2, 0) is 17.6 Å². The molecule has 7 heteroatoms. The third kappa shape index (κ3) is 5.71. The second-order valence-electron chi connectivity index (χ2n) is 6.88. The van der Waals surface area contributed by atoms with E-state index in [-0.39, 0.29) is 18.1 Å². The number of aryl methyl sites for hydroxylation is 2. The molecule has 2 aromatic carbocycles. The topological polar surface area (TPSA) is 85.2 Å². The quantitative estimate of drug-likeness (QED) is 0.601. The molecular formula is C22H25FN4O2. The first-order valence-electron chi connectivity index (χ1n) is 9.67. The summed E-state index contributed by atoms with van der Waals surface area (Å²) in [5.41, 5.74) is 7.94. The Balaban J connectivity index is 1.56. The summed E-state index contributed by atoms with van der Waals surface area (Å²) < 4.78 is 19.0. The van der Waals surface area contributed by atoms with Gasteiger partial charge < -0.3 is 15.2 Å². The van der Waals surface area contributed by atoms with Crippen LogP contribution in [0.3, 0.4) is 0 Å². The van der Waals surface area contributed by atoms with Crippen LogP contribution in [0.4, 0.5) is 4.39 Å². The first kappa shape index (κ1) is 20.7. The van der Waals surface area contributed by atoms with Crippen LogP contribution in [0.15, 0.2) is 53.1 Å². The van der Waals surface area contributed by atoms with Crippen molar-refractivity contribution < 1.29 is 13.7 Å². The highest BCUT2D eigenvalue weighted by Gasteiger charge is 2.16. The molecule has 0 saturated heterocycles. The van der Waals surface area contributed by atoms with Crippen LogP contribution in [0.1, 0.15) is 23.4 Å². The van der Waals surface area contributed by atoms with E-state index in [1.54, 1.807) is 24.0 Å². The van der Waals surface area contributed by atoms with E-state index >= 15 is 0 Å². The lowest BCUT2D eigenvalue weighted by Crippen LogP contribution is -2.37. The number of halogens is 1. The van der Waals surface area contributed by atoms with Crippen LogP contribution in [0.5, 0.6) is 0 Å². The summed E-state index contributed by atoms with van der Waals surface area (Å²) in [7, 11) is 0. The second kappa shape index (κ2) is 9.93. The molecule has 0 aliphatic carbocycles. The minimum atomic E-state index is -0.320. The van der Waals surface area contributed by atoms with E-state index < -0.39 is 0 Å². The average molecular weight is 396 g/mol. The number of nitrogens with two attached hydrogens (primary N) is 1. The summed E-state index contributed by atoms with van der Waals surface area (Å²) in [5.74, 6) is 0.340. The van der Waals surface area contributed by atoms with E-state index in [0.29, 0.717) is 48.9 Å². The van der Waals surface area contributed by atoms with Crippen molar-refractivity contribution in [3.05, 3.63) is 71.4 Å². The molecule has 1 heterocycles. The zero-order valence-electron chi connectivity index (χ0n) is 16.5. The van der Waals surface area contributed by atoms with Gasteiger partial charge in [0.1, 0.15) is 5.82 Å². The summed E-state index contributed by atoms with van der Waals surface area (Å²) in [6.07, 6.45) is 1.35. The molecule has 0 unspecified atom stereocenters. The smallest absolute Gasteiger partial charge is 0.227 e. The lowest BCUT2D eigenvalue weighted by molar-refractivity contribution is -0.131. The average Bonchev–Trinajstić information content (AvgIpc) is 3.21. The van der Waals surface area contributed by atoms with Crippen molar-refractivity contribution >= 4 is 5.91 Å². The number of amides is 1. The van der Waals surface area contributed by atoms with Crippen molar-refractivity contribution in [1.29, 1.82) is 0 Å². The maximum absolute atomic E-state index is 13.7. The molecule has 2 N–H and O–H groups in total. The van der Waals surface area contributed by atoms with Gasteiger partial charge in [-0.05, 0) is 30.5 Å². The molecular weight excluding hydrogens is 371 g/mol. The van der Waals surface area contributed by atoms with Crippen molar-refractivity contribution in [2.45, 2.75) is 26.2 Å². The molecule has 0 spiro atoms. The maximum Gasteiger partial charge on any atom is 0.227 e. The van der Waals surface area contributed by atoms with Gasteiger partial charge in [0.25, 0.3) is 0 Å². The summed E-state index contributed by atoms with van der Waals surface area (Å²) in [4.78, 5) is 18.7. The normalized spacial score (nSPS) is 10.9. The molecule has 0 fully saturated rings. The lowest BCUT2D eigenvalue weighted by Gasteiger charge is -2.22. The van der Waals surface area contributed by atoms with Crippen LogP contribution >= 0.6 is 0 Å². The first-order valence-corrected chi connectivity index (χ1v) is 9.67. The van der Waals surface area contributed by atoms with E-state index in [0.717, 1.165) is 6.42 Å². The van der Waals surface area contributed by atoms with Crippen molar-refractivity contribution in [2.24, 2.45) is 5.73 Å². The Kier molecular flexibility index (Phi) is 7.08. The number of aromatic nitrogens is 2. The monoisotopic (exact) mass is 396 g/mol. The number of hydrogen-bond donors (Lipinski definition) is 1. The van der Waals surface area contributed by atoms with Crippen molar-refractivity contribution in [3.63, 3.8) is 0 Å². The summed E-state index contributed by atoms with van der Waals surface area (Å²) in [5, 5.41) is 3.89. The van der Waals surface area contributed by atoms with Gasteiger partial charge in [-0.3, -0.25) is 4.79 Å². The SMILES string of the molecule is Cc1ccc(-c2noc(CCC(=O)N(CCN)CCc3ccccc3)n2)cc1F. The molecule has 6 nitrogen and oxygen atoms in total. The molecule has 0 aliphatic heterocycles. The molecule has 0 aliphatic rings. The number of benzene rings is 2. The number of hydrogen-bond acceptors (Lipinski definition) is 5. The Hall–Kier alpha value is -3.06. The summed E-state index contributed by atoms with van der Waals surface area (Å²) in [6.45, 7) is 3.21. The summed E-state index contributed by atoms with van der Waals surface area (Å²) >= 11 is 0. The van der Waals surface area contributed by atoms with Crippen LogP contribution < -0.4 is 5.73 Å². The Morgan fingerprint density at radius 3 is 2.66 bits per heavy atom. The van der Waals surface area contributed by atoms with Crippen molar-refractivity contribution in [3.8, 4) is 11.4 Å². The third-order valence-electron chi connectivity index (χ3n) is 4.72. The molecule has 1 aromatic heterocycles. The summed E-state index contributed by atoms with van der Waals surface area (Å²) in [6, 6.07) is 14.8. The fourth-order valence-electron chi connectivity index (χ4n) is 3.00. The fourth-order valence-corrected chi connectivity index (χ4v) is 3.00. The predicted octanol–water partition coefficient (Wildman–Crippen LogP) is 3.15. The highest BCUT2D eigenvalue weighted by Crippen LogP contribution is 2.19. The van der Waals surface area contributed by atoms with Crippen LogP contribution in [-0.4, -0.2) is 40.6 Å². The molecule has 1 amide bonds.